The minimum absolute atomic E-state index is 0.438. The molecule has 72 valence electrons. The molecule has 0 saturated heterocycles. The van der Waals surface area contributed by atoms with Gasteiger partial charge in [-0.15, -0.1) is 0 Å². The zero-order valence-corrected chi connectivity index (χ0v) is 8.66. The summed E-state index contributed by atoms with van der Waals surface area (Å²) in [7, 11) is 0. The highest BCUT2D eigenvalue weighted by Crippen LogP contribution is 2.12. The Morgan fingerprint density at radius 1 is 1.33 bits per heavy atom. The molecule has 0 aliphatic rings. The minimum Gasteiger partial charge on any atom is -0.0853 e. The van der Waals surface area contributed by atoms with Crippen molar-refractivity contribution in [3.05, 3.63) is 11.6 Å². The quantitative estimate of drug-likeness (QED) is 0.486. The van der Waals surface area contributed by atoms with Crippen LogP contribution in [-0.4, -0.2) is 0 Å². The highest BCUT2D eigenvalue weighted by atomic mass is 14.0. The Morgan fingerprint density at radius 3 is 2.67 bits per heavy atom. The van der Waals surface area contributed by atoms with Crippen LogP contribution in [0.25, 0.3) is 0 Å². The van der Waals surface area contributed by atoms with E-state index in [1.165, 1.54) is 18.4 Å². The van der Waals surface area contributed by atoms with Gasteiger partial charge in [0.05, 0.1) is 1.37 Å². The van der Waals surface area contributed by atoms with Crippen LogP contribution in [0, 0.1) is 0 Å². The summed E-state index contributed by atoms with van der Waals surface area (Å²) in [4.78, 5) is 0. The Balaban J connectivity index is 4.10. The molecule has 0 spiro atoms. The molecule has 0 heteroatoms. The zero-order valence-electron chi connectivity index (χ0n) is 10.7. The van der Waals surface area contributed by atoms with Crippen molar-refractivity contribution >= 4 is 0 Å². The van der Waals surface area contributed by atoms with Gasteiger partial charge in [-0.1, -0.05) is 51.6 Å². The van der Waals surface area contributed by atoms with Crippen LogP contribution in [0.2, 0.25) is 0 Å². The molecule has 0 bridgehead atoms. The first-order valence-corrected chi connectivity index (χ1v) is 5.22. The minimum atomic E-state index is 0.438. The Labute approximate surface area is 80.9 Å². The highest BCUT2D eigenvalue weighted by Gasteiger charge is 1.92. The van der Waals surface area contributed by atoms with Gasteiger partial charge in [-0.25, -0.2) is 0 Å². The maximum atomic E-state index is 7.91. The van der Waals surface area contributed by atoms with Gasteiger partial charge in [0, 0.05) is 1.37 Å². The second-order valence-corrected chi connectivity index (χ2v) is 3.24. The maximum absolute atomic E-state index is 7.91. The van der Waals surface area contributed by atoms with Crippen LogP contribution in [0.15, 0.2) is 11.6 Å². The van der Waals surface area contributed by atoms with E-state index in [1.54, 1.807) is 0 Å². The molecule has 0 saturated carbocycles. The summed E-state index contributed by atoms with van der Waals surface area (Å²) in [6.07, 6.45) is 7.39. The summed E-state index contributed by atoms with van der Waals surface area (Å²) in [6.45, 7) is 4.77. The van der Waals surface area contributed by atoms with E-state index in [4.69, 9.17) is 2.74 Å². The molecule has 0 aromatic rings. The maximum Gasteiger partial charge on any atom is 0.0575 e. The lowest BCUT2D eigenvalue weighted by Gasteiger charge is -2.02. The van der Waals surface area contributed by atoms with Crippen LogP contribution in [0.5, 0.6) is 0 Å². The van der Waals surface area contributed by atoms with Crippen molar-refractivity contribution in [2.24, 2.45) is 0 Å². The second kappa shape index (κ2) is 8.83. The van der Waals surface area contributed by atoms with Crippen molar-refractivity contribution < 1.29 is 2.74 Å². The summed E-state index contributed by atoms with van der Waals surface area (Å²) in [5, 5.41) is 0. The third-order valence-corrected chi connectivity index (χ3v) is 2.04. The predicted octanol–water partition coefficient (Wildman–Crippen LogP) is 4.70. The SMILES string of the molecule is [2H]CC/C(CCCC)=C(\[2H])CCCC. The van der Waals surface area contributed by atoms with Crippen molar-refractivity contribution in [2.75, 3.05) is 0 Å². The topological polar surface area (TPSA) is 0 Å². The number of unbranched alkanes of at least 4 members (excludes halogenated alkanes) is 2. The molecule has 0 amide bonds. The molecular weight excluding hydrogens is 144 g/mol. The number of allylic oxidation sites excluding steroid dienone is 2. The fourth-order valence-electron chi connectivity index (χ4n) is 1.13. The van der Waals surface area contributed by atoms with Gasteiger partial charge < -0.3 is 0 Å². The summed E-state index contributed by atoms with van der Waals surface area (Å²) in [5.41, 5.74) is 1.23. The lowest BCUT2D eigenvalue weighted by Crippen LogP contribution is -1.82. The zero-order chi connectivity index (χ0) is 10.8. The molecule has 0 aromatic heterocycles. The lowest BCUT2D eigenvalue weighted by atomic mass is 10.0. The van der Waals surface area contributed by atoms with Gasteiger partial charge in [-0.05, 0) is 25.7 Å². The summed E-state index contributed by atoms with van der Waals surface area (Å²) >= 11 is 0. The molecule has 0 aromatic carbocycles. The van der Waals surface area contributed by atoms with E-state index in [1.807, 2.05) is 0 Å². The molecule has 0 heterocycles. The first-order valence-electron chi connectivity index (χ1n) is 6.43. The van der Waals surface area contributed by atoms with Crippen LogP contribution >= 0.6 is 0 Å². The van der Waals surface area contributed by atoms with E-state index in [0.29, 0.717) is 6.90 Å². The third-order valence-electron chi connectivity index (χ3n) is 2.04. The number of rotatable bonds is 7. The van der Waals surface area contributed by atoms with Crippen molar-refractivity contribution in [3.63, 3.8) is 0 Å². The Hall–Kier alpha value is -0.260. The molecule has 0 aliphatic carbocycles. The van der Waals surface area contributed by atoms with E-state index in [-0.39, 0.29) is 0 Å². The monoisotopic (exact) mass is 170 g/mol. The smallest absolute Gasteiger partial charge is 0.0575 e. The van der Waals surface area contributed by atoms with Gasteiger partial charge in [0.1, 0.15) is 0 Å². The molecule has 0 aliphatic heterocycles. The molecule has 0 atom stereocenters. The molecule has 0 nitrogen and oxygen atoms in total. The van der Waals surface area contributed by atoms with E-state index >= 15 is 0 Å². The van der Waals surface area contributed by atoms with Crippen LogP contribution in [-0.2, 0) is 0 Å². The molecule has 0 radical (unpaired) electrons. The van der Waals surface area contributed by atoms with Gasteiger partial charge in [0.2, 0.25) is 0 Å². The van der Waals surface area contributed by atoms with Gasteiger partial charge in [0.25, 0.3) is 0 Å². The van der Waals surface area contributed by atoms with Gasteiger partial charge >= 0.3 is 0 Å². The Kier molecular flexibility index (Phi) is 6.14. The molecule has 0 fully saturated rings. The van der Waals surface area contributed by atoms with E-state index in [2.05, 4.69) is 13.8 Å². The van der Waals surface area contributed by atoms with Crippen LogP contribution in [0.3, 0.4) is 0 Å². The van der Waals surface area contributed by atoms with Crippen molar-refractivity contribution in [3.8, 4) is 0 Å². The fourth-order valence-corrected chi connectivity index (χ4v) is 1.13. The Bertz CT molecular complexity index is 162. The van der Waals surface area contributed by atoms with Crippen LogP contribution < -0.4 is 0 Å². The first kappa shape index (κ1) is 8.34. The number of hydrogen-bond acceptors (Lipinski definition) is 0. The average molecular weight is 170 g/mol. The highest BCUT2D eigenvalue weighted by molar-refractivity contribution is 5.00. The standard InChI is InChI=1S/C12H24/c1-4-7-9-11-12(6-3)10-8-5-2/h11H,4-10H2,1-3H3/b12-11-/i3D,11D. The number of hydrogen-bond donors (Lipinski definition) is 0. The van der Waals surface area contributed by atoms with Gasteiger partial charge in [-0.3, -0.25) is 0 Å². The van der Waals surface area contributed by atoms with Crippen molar-refractivity contribution in [1.82, 2.24) is 0 Å². The van der Waals surface area contributed by atoms with Crippen LogP contribution in [0.4, 0.5) is 0 Å². The van der Waals surface area contributed by atoms with E-state index in [0.717, 1.165) is 38.2 Å². The van der Waals surface area contributed by atoms with E-state index in [9.17, 15) is 0 Å². The van der Waals surface area contributed by atoms with Crippen molar-refractivity contribution in [2.45, 2.75) is 65.7 Å². The molecule has 0 N–H and O–H groups in total. The predicted molar refractivity (Wildman–Crippen MR) is 57.4 cm³/mol. The summed E-state index contributed by atoms with van der Waals surface area (Å²) < 4.78 is 15.1. The van der Waals surface area contributed by atoms with Crippen molar-refractivity contribution in [1.29, 1.82) is 0 Å². The van der Waals surface area contributed by atoms with Crippen LogP contribution in [0.1, 0.15) is 68.4 Å². The largest absolute Gasteiger partial charge is 0.0853 e. The van der Waals surface area contributed by atoms with E-state index < -0.39 is 0 Å². The summed E-state index contributed by atoms with van der Waals surface area (Å²) in [5.74, 6) is 0. The molecular formula is C12H24. The second-order valence-electron chi connectivity index (χ2n) is 3.24. The molecule has 0 unspecified atom stereocenters. The third kappa shape index (κ3) is 6.45. The molecule has 0 rings (SSSR count). The fraction of sp³-hybridized carbons (Fsp3) is 0.833. The summed E-state index contributed by atoms with van der Waals surface area (Å²) in [6, 6.07) is 0.813. The molecule has 12 heavy (non-hydrogen) atoms. The first-order chi connectivity index (χ1) is 6.76. The Morgan fingerprint density at radius 2 is 2.08 bits per heavy atom. The van der Waals surface area contributed by atoms with Gasteiger partial charge in [0.15, 0.2) is 0 Å². The average Bonchev–Trinajstić information content (AvgIpc) is 2.20. The lowest BCUT2D eigenvalue weighted by molar-refractivity contribution is 0.749. The normalized spacial score (nSPS) is 15.2. The van der Waals surface area contributed by atoms with Gasteiger partial charge in [-0.2, -0.15) is 0 Å².